The van der Waals surface area contributed by atoms with E-state index in [0.29, 0.717) is 17.3 Å². The van der Waals surface area contributed by atoms with Crippen LogP contribution in [0.5, 0.6) is 5.75 Å². The first-order valence-electron chi connectivity index (χ1n) is 6.16. The SMILES string of the molecule is CSc1ncc(C(=O)N[C@@H]2COc3ccccc32)cn1. The molecule has 0 unspecified atom stereocenters. The number of carbonyl (C=O) groups is 1. The van der Waals surface area contributed by atoms with Crippen LogP contribution in [-0.4, -0.2) is 28.7 Å². The van der Waals surface area contributed by atoms with Crippen molar-refractivity contribution in [2.75, 3.05) is 12.9 Å². The van der Waals surface area contributed by atoms with E-state index in [1.165, 1.54) is 24.2 Å². The first kappa shape index (κ1) is 12.9. The summed E-state index contributed by atoms with van der Waals surface area (Å²) in [5.74, 6) is 0.634. The lowest BCUT2D eigenvalue weighted by atomic mass is 10.1. The van der Waals surface area contributed by atoms with Gasteiger partial charge < -0.3 is 10.1 Å². The lowest BCUT2D eigenvalue weighted by Crippen LogP contribution is -2.29. The lowest BCUT2D eigenvalue weighted by molar-refractivity contribution is 0.0929. The number of rotatable bonds is 3. The van der Waals surface area contributed by atoms with E-state index < -0.39 is 0 Å². The largest absolute Gasteiger partial charge is 0.491 e. The number of para-hydroxylation sites is 1. The zero-order valence-electron chi connectivity index (χ0n) is 10.9. The summed E-state index contributed by atoms with van der Waals surface area (Å²) in [5.41, 5.74) is 1.45. The first-order valence-corrected chi connectivity index (χ1v) is 7.39. The molecule has 1 aromatic carbocycles. The Morgan fingerprint density at radius 2 is 2.10 bits per heavy atom. The van der Waals surface area contributed by atoms with Crippen LogP contribution in [0.4, 0.5) is 0 Å². The van der Waals surface area contributed by atoms with Crippen LogP contribution in [0.15, 0.2) is 41.8 Å². The minimum atomic E-state index is -0.192. The molecule has 1 aromatic heterocycles. The number of fused-ring (bicyclic) bond motifs is 1. The van der Waals surface area contributed by atoms with Crippen LogP contribution >= 0.6 is 11.8 Å². The minimum Gasteiger partial charge on any atom is -0.491 e. The van der Waals surface area contributed by atoms with Crippen LogP contribution in [0.2, 0.25) is 0 Å². The predicted molar refractivity (Wildman–Crippen MR) is 76.0 cm³/mol. The van der Waals surface area contributed by atoms with Crippen LogP contribution in [0.25, 0.3) is 0 Å². The highest BCUT2D eigenvalue weighted by Gasteiger charge is 2.25. The highest BCUT2D eigenvalue weighted by molar-refractivity contribution is 7.98. The van der Waals surface area contributed by atoms with Crippen molar-refractivity contribution in [2.45, 2.75) is 11.2 Å². The summed E-state index contributed by atoms with van der Waals surface area (Å²) < 4.78 is 5.54. The summed E-state index contributed by atoms with van der Waals surface area (Å²) >= 11 is 1.44. The fourth-order valence-corrected chi connectivity index (χ4v) is 2.38. The van der Waals surface area contributed by atoms with Gasteiger partial charge in [-0.3, -0.25) is 4.79 Å². The maximum atomic E-state index is 12.2. The zero-order valence-corrected chi connectivity index (χ0v) is 11.7. The van der Waals surface area contributed by atoms with Crippen LogP contribution in [0.3, 0.4) is 0 Å². The van der Waals surface area contributed by atoms with Crippen molar-refractivity contribution in [2.24, 2.45) is 0 Å². The molecule has 0 spiro atoms. The highest BCUT2D eigenvalue weighted by atomic mass is 32.2. The van der Waals surface area contributed by atoms with Gasteiger partial charge in [-0.25, -0.2) is 9.97 Å². The molecular formula is C14H13N3O2S. The fourth-order valence-electron chi connectivity index (χ4n) is 2.06. The van der Waals surface area contributed by atoms with Crippen molar-refractivity contribution in [3.8, 4) is 5.75 Å². The molecular weight excluding hydrogens is 274 g/mol. The topological polar surface area (TPSA) is 64.1 Å². The average molecular weight is 287 g/mol. The molecule has 0 radical (unpaired) electrons. The smallest absolute Gasteiger partial charge is 0.255 e. The summed E-state index contributed by atoms with van der Waals surface area (Å²) in [6.45, 7) is 0.453. The Bertz CT molecular complexity index is 631. The monoisotopic (exact) mass is 287 g/mol. The number of hydrogen-bond donors (Lipinski definition) is 1. The van der Waals surface area contributed by atoms with Crippen molar-refractivity contribution in [3.63, 3.8) is 0 Å². The Balaban J connectivity index is 1.73. The summed E-state index contributed by atoms with van der Waals surface area (Å²) in [6.07, 6.45) is 4.97. The van der Waals surface area contributed by atoms with Crippen molar-refractivity contribution in [1.29, 1.82) is 0 Å². The highest BCUT2D eigenvalue weighted by Crippen LogP contribution is 2.31. The zero-order chi connectivity index (χ0) is 13.9. The van der Waals surface area contributed by atoms with Crippen LogP contribution < -0.4 is 10.1 Å². The third-order valence-electron chi connectivity index (χ3n) is 3.08. The quantitative estimate of drug-likeness (QED) is 0.691. The van der Waals surface area contributed by atoms with Gasteiger partial charge in [-0.2, -0.15) is 0 Å². The van der Waals surface area contributed by atoms with Gasteiger partial charge in [0, 0.05) is 18.0 Å². The van der Waals surface area contributed by atoms with Gasteiger partial charge in [0.25, 0.3) is 5.91 Å². The standard InChI is InChI=1S/C14H13N3O2S/c1-20-14-15-6-9(7-16-14)13(18)17-11-8-19-12-5-3-2-4-10(11)12/h2-7,11H,8H2,1H3,(H,17,18)/t11-/m1/s1. The summed E-state index contributed by atoms with van der Waals surface area (Å²) in [6, 6.07) is 7.58. The second-order valence-electron chi connectivity index (χ2n) is 4.33. The summed E-state index contributed by atoms with van der Waals surface area (Å²) in [5, 5.41) is 3.59. The van der Waals surface area contributed by atoms with Crippen molar-refractivity contribution >= 4 is 17.7 Å². The number of ether oxygens (including phenoxy) is 1. The molecule has 1 N–H and O–H groups in total. The average Bonchev–Trinajstić information content (AvgIpc) is 2.91. The van der Waals surface area contributed by atoms with E-state index in [-0.39, 0.29) is 11.9 Å². The van der Waals surface area contributed by atoms with E-state index in [9.17, 15) is 4.79 Å². The molecule has 102 valence electrons. The normalized spacial score (nSPS) is 16.4. The van der Waals surface area contributed by atoms with Crippen molar-refractivity contribution in [1.82, 2.24) is 15.3 Å². The molecule has 1 amide bonds. The van der Waals surface area contributed by atoms with Gasteiger partial charge in [-0.05, 0) is 12.3 Å². The van der Waals surface area contributed by atoms with Gasteiger partial charge in [0.2, 0.25) is 0 Å². The summed E-state index contributed by atoms with van der Waals surface area (Å²) in [4.78, 5) is 20.4. The Morgan fingerprint density at radius 1 is 1.35 bits per heavy atom. The van der Waals surface area contributed by atoms with E-state index in [1.54, 1.807) is 0 Å². The predicted octanol–water partition coefficient (Wildman–Crippen LogP) is 2.06. The molecule has 0 aliphatic carbocycles. The molecule has 0 saturated heterocycles. The molecule has 0 fully saturated rings. The molecule has 0 bridgehead atoms. The first-order chi connectivity index (χ1) is 9.78. The maximum Gasteiger partial charge on any atom is 0.255 e. The second kappa shape index (κ2) is 5.50. The minimum absolute atomic E-state index is 0.126. The van der Waals surface area contributed by atoms with Gasteiger partial charge in [0.05, 0.1) is 11.6 Å². The third kappa shape index (κ3) is 2.46. The molecule has 1 aliphatic rings. The Morgan fingerprint density at radius 3 is 2.85 bits per heavy atom. The summed E-state index contributed by atoms with van der Waals surface area (Å²) in [7, 11) is 0. The van der Waals surface area contributed by atoms with Crippen LogP contribution in [0.1, 0.15) is 22.0 Å². The molecule has 2 heterocycles. The van der Waals surface area contributed by atoms with Crippen molar-refractivity contribution < 1.29 is 9.53 Å². The van der Waals surface area contributed by atoms with E-state index in [2.05, 4.69) is 15.3 Å². The molecule has 20 heavy (non-hydrogen) atoms. The Hall–Kier alpha value is -2.08. The molecule has 5 nitrogen and oxygen atoms in total. The molecule has 2 aromatic rings. The van der Waals surface area contributed by atoms with E-state index in [0.717, 1.165) is 11.3 Å². The number of nitrogens with zero attached hydrogens (tertiary/aromatic N) is 2. The fraction of sp³-hybridized carbons (Fsp3) is 0.214. The number of benzene rings is 1. The molecule has 6 heteroatoms. The maximum absolute atomic E-state index is 12.2. The van der Waals surface area contributed by atoms with Gasteiger partial charge in [-0.15, -0.1) is 0 Å². The molecule has 1 aliphatic heterocycles. The van der Waals surface area contributed by atoms with E-state index in [4.69, 9.17) is 4.74 Å². The Labute approximate surface area is 120 Å². The molecule has 0 saturated carbocycles. The second-order valence-corrected chi connectivity index (χ2v) is 5.11. The lowest BCUT2D eigenvalue weighted by Gasteiger charge is -2.11. The van der Waals surface area contributed by atoms with Gasteiger partial charge in [0.15, 0.2) is 5.16 Å². The van der Waals surface area contributed by atoms with Crippen molar-refractivity contribution in [3.05, 3.63) is 47.8 Å². The van der Waals surface area contributed by atoms with Crippen LogP contribution in [0, 0.1) is 0 Å². The number of carbonyl (C=O) groups excluding carboxylic acids is 1. The Kier molecular flexibility index (Phi) is 3.56. The van der Waals surface area contributed by atoms with Gasteiger partial charge in [0.1, 0.15) is 12.4 Å². The third-order valence-corrected chi connectivity index (χ3v) is 3.65. The van der Waals surface area contributed by atoms with Gasteiger partial charge >= 0.3 is 0 Å². The number of nitrogens with one attached hydrogen (secondary N) is 1. The molecule has 1 atom stereocenters. The number of aromatic nitrogens is 2. The molecule has 3 rings (SSSR count). The van der Waals surface area contributed by atoms with E-state index in [1.807, 2.05) is 30.5 Å². The number of amides is 1. The van der Waals surface area contributed by atoms with E-state index >= 15 is 0 Å². The number of thioether (sulfide) groups is 1. The number of hydrogen-bond acceptors (Lipinski definition) is 5. The van der Waals surface area contributed by atoms with Gasteiger partial charge in [-0.1, -0.05) is 30.0 Å². The van der Waals surface area contributed by atoms with Crippen LogP contribution in [-0.2, 0) is 0 Å².